The minimum Gasteiger partial charge on any atom is -0.345 e. The Morgan fingerprint density at radius 1 is 1.03 bits per heavy atom. The van der Waals surface area contributed by atoms with Gasteiger partial charge in [-0.05, 0) is 55.0 Å². The number of pyridine rings is 1. The van der Waals surface area contributed by atoms with Gasteiger partial charge >= 0.3 is 6.18 Å². The zero-order chi connectivity index (χ0) is 23.5. The van der Waals surface area contributed by atoms with E-state index in [1.54, 1.807) is 19.1 Å². The number of aromatic nitrogens is 1. The molecule has 2 aromatic carbocycles. The van der Waals surface area contributed by atoms with Crippen molar-refractivity contribution in [2.24, 2.45) is 0 Å². The van der Waals surface area contributed by atoms with Gasteiger partial charge in [0, 0.05) is 18.1 Å². The second-order valence-corrected chi connectivity index (χ2v) is 9.16. The molecule has 0 aliphatic heterocycles. The molecule has 3 aromatic rings. The van der Waals surface area contributed by atoms with E-state index < -0.39 is 33.5 Å². The highest BCUT2D eigenvalue weighted by Crippen LogP contribution is 2.31. The molecular formula is C22H20F3N3O3S. The van der Waals surface area contributed by atoms with Crippen LogP contribution in [-0.2, 0) is 16.0 Å². The summed E-state index contributed by atoms with van der Waals surface area (Å²) in [6.07, 6.45) is -1.97. The van der Waals surface area contributed by atoms with Crippen LogP contribution in [-0.4, -0.2) is 25.6 Å². The number of hydrogen-bond donors (Lipinski definition) is 2. The van der Waals surface area contributed by atoms with E-state index in [1.807, 2.05) is 0 Å². The second-order valence-electron chi connectivity index (χ2n) is 7.14. The third-order valence-electron chi connectivity index (χ3n) is 4.66. The van der Waals surface area contributed by atoms with Crippen molar-refractivity contribution >= 4 is 27.2 Å². The SMILES string of the molecule is CC(NC(=O)c1cccnc1Nc1cccc(C(F)(F)F)c1)c1ccc(S(C)(=O)=O)cc1. The molecule has 0 bridgehead atoms. The van der Waals surface area contributed by atoms with Crippen LogP contribution >= 0.6 is 0 Å². The average Bonchev–Trinajstić information content (AvgIpc) is 2.73. The maximum atomic E-state index is 13.0. The average molecular weight is 463 g/mol. The highest BCUT2D eigenvalue weighted by molar-refractivity contribution is 7.90. The summed E-state index contributed by atoms with van der Waals surface area (Å²) < 4.78 is 62.1. The third-order valence-corrected chi connectivity index (χ3v) is 5.79. The highest BCUT2D eigenvalue weighted by Gasteiger charge is 2.30. The zero-order valence-corrected chi connectivity index (χ0v) is 18.0. The van der Waals surface area contributed by atoms with Crippen molar-refractivity contribution in [2.75, 3.05) is 11.6 Å². The van der Waals surface area contributed by atoms with E-state index >= 15 is 0 Å². The molecule has 1 atom stereocenters. The van der Waals surface area contributed by atoms with Gasteiger partial charge in [-0.3, -0.25) is 4.79 Å². The van der Waals surface area contributed by atoms with Crippen molar-refractivity contribution in [3.8, 4) is 0 Å². The fraction of sp³-hybridized carbons (Fsp3) is 0.182. The molecule has 1 amide bonds. The van der Waals surface area contributed by atoms with E-state index in [-0.39, 0.29) is 22.0 Å². The lowest BCUT2D eigenvalue weighted by atomic mass is 10.1. The van der Waals surface area contributed by atoms with Crippen LogP contribution in [0.25, 0.3) is 0 Å². The van der Waals surface area contributed by atoms with Crippen molar-refractivity contribution in [2.45, 2.75) is 24.0 Å². The monoisotopic (exact) mass is 463 g/mol. The van der Waals surface area contributed by atoms with E-state index in [9.17, 15) is 26.4 Å². The number of nitrogens with one attached hydrogen (secondary N) is 2. The van der Waals surface area contributed by atoms with E-state index in [0.29, 0.717) is 5.56 Å². The van der Waals surface area contributed by atoms with Crippen molar-refractivity contribution in [1.82, 2.24) is 10.3 Å². The molecule has 0 aliphatic carbocycles. The number of alkyl halides is 3. The minimum atomic E-state index is -4.50. The molecule has 3 rings (SSSR count). The molecular weight excluding hydrogens is 443 g/mol. The Morgan fingerprint density at radius 3 is 2.34 bits per heavy atom. The molecule has 10 heteroatoms. The molecule has 2 N–H and O–H groups in total. The lowest BCUT2D eigenvalue weighted by molar-refractivity contribution is -0.137. The van der Waals surface area contributed by atoms with E-state index in [0.717, 1.165) is 18.4 Å². The van der Waals surface area contributed by atoms with Crippen LogP contribution < -0.4 is 10.6 Å². The number of halogens is 3. The molecule has 6 nitrogen and oxygen atoms in total. The Balaban J connectivity index is 1.78. The fourth-order valence-corrected chi connectivity index (χ4v) is 3.59. The molecule has 1 heterocycles. The number of benzene rings is 2. The van der Waals surface area contributed by atoms with Gasteiger partial charge in [-0.2, -0.15) is 13.2 Å². The summed E-state index contributed by atoms with van der Waals surface area (Å²) in [4.78, 5) is 17.1. The zero-order valence-electron chi connectivity index (χ0n) is 17.1. The van der Waals surface area contributed by atoms with E-state index in [4.69, 9.17) is 0 Å². The van der Waals surface area contributed by atoms with Crippen LogP contribution in [0.4, 0.5) is 24.7 Å². The van der Waals surface area contributed by atoms with Crippen LogP contribution in [0.3, 0.4) is 0 Å². The van der Waals surface area contributed by atoms with Gasteiger partial charge < -0.3 is 10.6 Å². The smallest absolute Gasteiger partial charge is 0.345 e. The van der Waals surface area contributed by atoms with Crippen molar-refractivity contribution in [3.05, 3.63) is 83.6 Å². The topological polar surface area (TPSA) is 88.2 Å². The molecule has 32 heavy (non-hydrogen) atoms. The fourth-order valence-electron chi connectivity index (χ4n) is 2.96. The maximum Gasteiger partial charge on any atom is 0.416 e. The van der Waals surface area contributed by atoms with Crippen LogP contribution in [0, 0.1) is 0 Å². The summed E-state index contributed by atoms with van der Waals surface area (Å²) in [6.45, 7) is 1.73. The van der Waals surface area contributed by atoms with Crippen LogP contribution in [0.1, 0.15) is 34.5 Å². The Labute approximate surface area is 183 Å². The largest absolute Gasteiger partial charge is 0.416 e. The van der Waals surface area contributed by atoms with Crippen LogP contribution in [0.15, 0.2) is 71.8 Å². The quantitative estimate of drug-likeness (QED) is 0.551. The molecule has 1 aromatic heterocycles. The van der Waals surface area contributed by atoms with Gasteiger partial charge in [0.05, 0.1) is 22.1 Å². The van der Waals surface area contributed by atoms with Gasteiger partial charge in [0.2, 0.25) is 0 Å². The molecule has 0 fully saturated rings. The third kappa shape index (κ3) is 5.64. The number of carbonyl (C=O) groups excluding carboxylic acids is 1. The number of sulfone groups is 1. The van der Waals surface area contributed by atoms with Gasteiger partial charge in [0.25, 0.3) is 5.91 Å². The van der Waals surface area contributed by atoms with E-state index in [1.165, 1.54) is 42.6 Å². The summed E-state index contributed by atoms with van der Waals surface area (Å²) in [6, 6.07) is 13.3. The number of anilines is 2. The highest BCUT2D eigenvalue weighted by atomic mass is 32.2. The normalized spacial score (nSPS) is 12.8. The molecule has 0 radical (unpaired) electrons. The lowest BCUT2D eigenvalue weighted by Gasteiger charge is -2.17. The first-order valence-electron chi connectivity index (χ1n) is 9.45. The maximum absolute atomic E-state index is 13.0. The molecule has 0 spiro atoms. The summed E-state index contributed by atoms with van der Waals surface area (Å²) in [5.74, 6) is -0.392. The van der Waals surface area contributed by atoms with Gasteiger partial charge in [0.15, 0.2) is 9.84 Å². The van der Waals surface area contributed by atoms with Crippen molar-refractivity contribution < 1.29 is 26.4 Å². The number of amides is 1. The summed E-state index contributed by atoms with van der Waals surface area (Å²) >= 11 is 0. The summed E-state index contributed by atoms with van der Waals surface area (Å²) in [5.41, 5.74) is 0.138. The van der Waals surface area contributed by atoms with Crippen LogP contribution in [0.5, 0.6) is 0 Å². The predicted molar refractivity (Wildman–Crippen MR) is 114 cm³/mol. The predicted octanol–water partition coefficient (Wildman–Crippen LogP) is 4.74. The summed E-state index contributed by atoms with van der Waals surface area (Å²) in [5, 5.41) is 5.55. The van der Waals surface area contributed by atoms with Gasteiger partial charge in [0.1, 0.15) is 5.82 Å². The molecule has 0 saturated carbocycles. The second kappa shape index (κ2) is 8.99. The van der Waals surface area contributed by atoms with Crippen molar-refractivity contribution in [3.63, 3.8) is 0 Å². The number of hydrogen-bond acceptors (Lipinski definition) is 5. The number of nitrogens with zero attached hydrogens (tertiary/aromatic N) is 1. The Morgan fingerprint density at radius 2 is 1.72 bits per heavy atom. The molecule has 168 valence electrons. The summed E-state index contributed by atoms with van der Waals surface area (Å²) in [7, 11) is -3.33. The Kier molecular flexibility index (Phi) is 6.54. The molecule has 1 unspecified atom stereocenters. The first-order valence-corrected chi connectivity index (χ1v) is 11.3. The van der Waals surface area contributed by atoms with Gasteiger partial charge in [-0.1, -0.05) is 18.2 Å². The Bertz CT molecular complexity index is 1230. The van der Waals surface area contributed by atoms with Gasteiger partial charge in [-0.25, -0.2) is 13.4 Å². The van der Waals surface area contributed by atoms with Crippen LogP contribution in [0.2, 0.25) is 0 Å². The van der Waals surface area contributed by atoms with Crippen molar-refractivity contribution in [1.29, 1.82) is 0 Å². The molecule has 0 aliphatic rings. The molecule has 0 saturated heterocycles. The standard InChI is InChI=1S/C22H20F3N3O3S/c1-14(15-8-10-18(11-9-15)32(2,30)31)27-21(29)19-7-4-12-26-20(19)28-17-6-3-5-16(13-17)22(23,24)25/h3-14H,1-2H3,(H,26,28)(H,27,29). The lowest BCUT2D eigenvalue weighted by Crippen LogP contribution is -2.27. The first-order chi connectivity index (χ1) is 14.9. The number of carbonyl (C=O) groups is 1. The van der Waals surface area contributed by atoms with E-state index in [2.05, 4.69) is 15.6 Å². The number of rotatable bonds is 6. The minimum absolute atomic E-state index is 0.101. The van der Waals surface area contributed by atoms with Gasteiger partial charge in [-0.15, -0.1) is 0 Å². The Hall–Kier alpha value is -3.40. The first kappa shape index (κ1) is 23.3.